The molecular weight excluding hydrogens is 769 g/mol. The molecule has 0 aromatic rings. The van der Waals surface area contributed by atoms with Crippen LogP contribution in [0.25, 0.3) is 0 Å². The maximum absolute atomic E-state index is 12.7. The molecule has 62 heavy (non-hydrogen) atoms. The Hall–Kier alpha value is -2.89. The molecule has 0 aromatic carbocycles. The van der Waals surface area contributed by atoms with Crippen molar-refractivity contribution in [2.24, 2.45) is 0 Å². The minimum Gasteiger partial charge on any atom is -0.462 e. The Kier molecular flexibility index (Phi) is 48.4. The third-order valence-electron chi connectivity index (χ3n) is 11.3. The standard InChI is InChI=1S/C56H98O6/c1-4-7-10-13-16-19-21-22-23-24-25-26-27-28-29-30-31-32-33-34-36-37-40-43-46-49-55(58)61-52-53(51-60-54(57)48-45-42-39-18-15-12-9-6-3)62-56(59)50-47-44-41-38-35-20-17-14-11-8-5-2/h7,10,14,16-17,19,22-23,25-26,53H,4-6,8-9,11-13,15,18,20-21,24,27-52H2,1-3H3/b10-7-,17-14-,19-16-,23-22-,26-25-. The lowest BCUT2D eigenvalue weighted by molar-refractivity contribution is -0.167. The average molecular weight is 867 g/mol. The molecule has 358 valence electrons. The molecule has 0 radical (unpaired) electrons. The van der Waals surface area contributed by atoms with Gasteiger partial charge < -0.3 is 14.2 Å². The Balaban J connectivity index is 4.14. The molecule has 0 fully saturated rings. The third-order valence-corrected chi connectivity index (χ3v) is 11.3. The van der Waals surface area contributed by atoms with Crippen molar-refractivity contribution in [3.63, 3.8) is 0 Å². The van der Waals surface area contributed by atoms with Crippen molar-refractivity contribution < 1.29 is 28.6 Å². The average Bonchev–Trinajstić information content (AvgIpc) is 3.27. The van der Waals surface area contributed by atoms with Crippen molar-refractivity contribution in [3.8, 4) is 0 Å². The summed E-state index contributed by atoms with van der Waals surface area (Å²) in [5, 5.41) is 0. The summed E-state index contributed by atoms with van der Waals surface area (Å²) in [7, 11) is 0. The van der Waals surface area contributed by atoms with Gasteiger partial charge in [-0.3, -0.25) is 14.4 Å². The summed E-state index contributed by atoms with van der Waals surface area (Å²) in [5.41, 5.74) is 0. The van der Waals surface area contributed by atoms with E-state index in [2.05, 4.69) is 81.5 Å². The first-order chi connectivity index (χ1) is 30.5. The summed E-state index contributed by atoms with van der Waals surface area (Å²) in [6.07, 6.45) is 62.3. The van der Waals surface area contributed by atoms with Gasteiger partial charge in [-0.25, -0.2) is 0 Å². The molecule has 0 spiro atoms. The number of rotatable bonds is 47. The molecule has 0 bridgehead atoms. The first-order valence-electron chi connectivity index (χ1n) is 26.3. The van der Waals surface area contributed by atoms with E-state index in [-0.39, 0.29) is 31.1 Å². The maximum Gasteiger partial charge on any atom is 0.306 e. The number of carbonyl (C=O) groups is 3. The highest BCUT2D eigenvalue weighted by atomic mass is 16.6. The van der Waals surface area contributed by atoms with Crippen LogP contribution in [0.2, 0.25) is 0 Å². The van der Waals surface area contributed by atoms with Crippen LogP contribution in [0, 0.1) is 0 Å². The molecule has 0 saturated carbocycles. The molecule has 0 rings (SSSR count). The number of esters is 3. The van der Waals surface area contributed by atoms with Gasteiger partial charge in [0, 0.05) is 19.3 Å². The molecule has 0 saturated heterocycles. The molecule has 0 N–H and O–H groups in total. The van der Waals surface area contributed by atoms with Crippen LogP contribution >= 0.6 is 0 Å². The van der Waals surface area contributed by atoms with E-state index in [1.54, 1.807) is 0 Å². The molecule has 6 heteroatoms. The quantitative estimate of drug-likeness (QED) is 0.0262. The number of ether oxygens (including phenoxy) is 3. The predicted octanol–water partition coefficient (Wildman–Crippen LogP) is 17.3. The largest absolute Gasteiger partial charge is 0.462 e. The molecule has 0 aliphatic carbocycles. The molecule has 0 aromatic heterocycles. The number of hydrogen-bond donors (Lipinski definition) is 0. The molecule has 0 aliphatic heterocycles. The Labute approximate surface area is 383 Å². The van der Waals surface area contributed by atoms with E-state index >= 15 is 0 Å². The number of carbonyl (C=O) groups excluding carboxylic acids is 3. The first-order valence-corrected chi connectivity index (χ1v) is 26.3. The van der Waals surface area contributed by atoms with Crippen LogP contribution in [0.3, 0.4) is 0 Å². The van der Waals surface area contributed by atoms with Gasteiger partial charge in [0.1, 0.15) is 13.2 Å². The monoisotopic (exact) mass is 867 g/mol. The van der Waals surface area contributed by atoms with Crippen molar-refractivity contribution in [1.82, 2.24) is 0 Å². The van der Waals surface area contributed by atoms with Gasteiger partial charge in [0.15, 0.2) is 6.10 Å². The van der Waals surface area contributed by atoms with Gasteiger partial charge in [-0.1, -0.05) is 223 Å². The van der Waals surface area contributed by atoms with Crippen LogP contribution < -0.4 is 0 Å². The zero-order valence-corrected chi connectivity index (χ0v) is 40.9. The summed E-state index contributed by atoms with van der Waals surface area (Å²) in [6.45, 7) is 6.45. The van der Waals surface area contributed by atoms with E-state index in [4.69, 9.17) is 14.2 Å². The summed E-state index contributed by atoms with van der Waals surface area (Å²) < 4.78 is 16.7. The van der Waals surface area contributed by atoms with Gasteiger partial charge in [0.2, 0.25) is 0 Å². The molecule has 1 atom stereocenters. The highest BCUT2D eigenvalue weighted by Gasteiger charge is 2.19. The second-order valence-corrected chi connectivity index (χ2v) is 17.4. The van der Waals surface area contributed by atoms with E-state index in [1.165, 1.54) is 122 Å². The van der Waals surface area contributed by atoms with Gasteiger partial charge in [-0.05, 0) is 77.0 Å². The predicted molar refractivity (Wildman–Crippen MR) is 265 cm³/mol. The minimum atomic E-state index is -0.774. The van der Waals surface area contributed by atoms with Gasteiger partial charge in [-0.15, -0.1) is 0 Å². The van der Waals surface area contributed by atoms with E-state index in [0.29, 0.717) is 19.3 Å². The Morgan fingerprint density at radius 2 is 0.645 bits per heavy atom. The third kappa shape index (κ3) is 48.1. The van der Waals surface area contributed by atoms with Crippen LogP contribution in [-0.2, 0) is 28.6 Å². The zero-order valence-electron chi connectivity index (χ0n) is 40.9. The van der Waals surface area contributed by atoms with Crippen molar-refractivity contribution in [2.75, 3.05) is 13.2 Å². The Morgan fingerprint density at radius 3 is 1.05 bits per heavy atom. The molecule has 1 unspecified atom stereocenters. The van der Waals surface area contributed by atoms with Gasteiger partial charge in [0.05, 0.1) is 0 Å². The van der Waals surface area contributed by atoms with Crippen LogP contribution in [0.15, 0.2) is 60.8 Å². The normalized spacial score (nSPS) is 12.5. The van der Waals surface area contributed by atoms with Gasteiger partial charge >= 0.3 is 17.9 Å². The van der Waals surface area contributed by atoms with Crippen molar-refractivity contribution >= 4 is 17.9 Å². The smallest absolute Gasteiger partial charge is 0.306 e. The number of hydrogen-bond acceptors (Lipinski definition) is 6. The number of allylic oxidation sites excluding steroid dienone is 10. The molecular formula is C56H98O6. The van der Waals surface area contributed by atoms with Crippen molar-refractivity contribution in [3.05, 3.63) is 60.8 Å². The van der Waals surface area contributed by atoms with Gasteiger partial charge in [-0.2, -0.15) is 0 Å². The summed E-state index contributed by atoms with van der Waals surface area (Å²) in [6, 6.07) is 0. The molecule has 0 heterocycles. The van der Waals surface area contributed by atoms with Gasteiger partial charge in [0.25, 0.3) is 0 Å². The van der Waals surface area contributed by atoms with Crippen LogP contribution in [-0.4, -0.2) is 37.2 Å². The second kappa shape index (κ2) is 50.8. The first kappa shape index (κ1) is 59.1. The lowest BCUT2D eigenvalue weighted by atomic mass is 10.0. The van der Waals surface area contributed by atoms with Crippen LogP contribution in [0.1, 0.15) is 258 Å². The zero-order chi connectivity index (χ0) is 45.1. The highest BCUT2D eigenvalue weighted by Crippen LogP contribution is 2.15. The summed E-state index contributed by atoms with van der Waals surface area (Å²) in [4.78, 5) is 37.8. The van der Waals surface area contributed by atoms with Crippen LogP contribution in [0.4, 0.5) is 0 Å². The summed E-state index contributed by atoms with van der Waals surface area (Å²) >= 11 is 0. The van der Waals surface area contributed by atoms with Crippen molar-refractivity contribution in [1.29, 1.82) is 0 Å². The summed E-state index contributed by atoms with van der Waals surface area (Å²) in [5.74, 6) is -0.889. The highest BCUT2D eigenvalue weighted by molar-refractivity contribution is 5.71. The van der Waals surface area contributed by atoms with E-state index in [0.717, 1.165) is 96.3 Å². The fraction of sp³-hybridized carbons (Fsp3) is 0.768. The molecule has 0 amide bonds. The second-order valence-electron chi connectivity index (χ2n) is 17.4. The minimum absolute atomic E-state index is 0.0761. The van der Waals surface area contributed by atoms with Crippen molar-refractivity contribution in [2.45, 2.75) is 264 Å². The van der Waals surface area contributed by atoms with Crippen LogP contribution in [0.5, 0.6) is 0 Å². The number of unbranched alkanes of at least 4 members (excludes halogenated alkanes) is 26. The lowest BCUT2D eigenvalue weighted by Gasteiger charge is -2.18. The topological polar surface area (TPSA) is 78.9 Å². The Bertz CT molecular complexity index is 1130. The van der Waals surface area contributed by atoms with E-state index in [1.807, 2.05) is 0 Å². The SMILES string of the molecule is CC/C=C\C/C=C\C/C=C\C/C=C\CCCCCCCCCCCCCCC(=O)OCC(COC(=O)CCCCCCCCCC)OC(=O)CCCCCCC/C=C\CCCC. The molecule has 0 aliphatic rings. The van der Waals surface area contributed by atoms with E-state index < -0.39 is 6.10 Å². The Morgan fingerprint density at radius 1 is 0.339 bits per heavy atom. The maximum atomic E-state index is 12.7. The lowest BCUT2D eigenvalue weighted by Crippen LogP contribution is -2.30. The van der Waals surface area contributed by atoms with E-state index in [9.17, 15) is 14.4 Å². The molecule has 6 nitrogen and oxygen atoms in total. The fourth-order valence-electron chi connectivity index (χ4n) is 7.30. The fourth-order valence-corrected chi connectivity index (χ4v) is 7.30.